The molecule has 1 fully saturated rings. The summed E-state index contributed by atoms with van der Waals surface area (Å²) in [5.41, 5.74) is 2.29. The SMILES string of the molecule is O=C(NCc1nc(-c2ccccc2)cs1)[C@H]1CCCN(C(=O)c2cccnn2)C1. The van der Waals surface area contributed by atoms with Gasteiger partial charge in [-0.1, -0.05) is 30.3 Å². The molecule has 0 radical (unpaired) electrons. The van der Waals surface area contributed by atoms with Crippen LogP contribution in [0.4, 0.5) is 0 Å². The van der Waals surface area contributed by atoms with Gasteiger partial charge in [-0.25, -0.2) is 4.98 Å². The first-order chi connectivity index (χ1) is 14.2. The van der Waals surface area contributed by atoms with Gasteiger partial charge >= 0.3 is 0 Å². The third-order valence-electron chi connectivity index (χ3n) is 4.91. The fourth-order valence-corrected chi connectivity index (χ4v) is 4.14. The summed E-state index contributed by atoms with van der Waals surface area (Å²) in [5.74, 6) is -0.445. The lowest BCUT2D eigenvalue weighted by molar-refractivity contribution is -0.126. The van der Waals surface area contributed by atoms with Crippen molar-refractivity contribution in [2.24, 2.45) is 5.92 Å². The lowest BCUT2D eigenvalue weighted by atomic mass is 9.97. The molecule has 148 valence electrons. The van der Waals surface area contributed by atoms with Crippen molar-refractivity contribution in [3.63, 3.8) is 0 Å². The number of carbonyl (C=O) groups excluding carboxylic acids is 2. The summed E-state index contributed by atoms with van der Waals surface area (Å²) < 4.78 is 0. The zero-order valence-electron chi connectivity index (χ0n) is 15.8. The molecule has 0 aliphatic carbocycles. The maximum atomic E-state index is 12.7. The van der Waals surface area contributed by atoms with Crippen LogP contribution in [0.3, 0.4) is 0 Å². The van der Waals surface area contributed by atoms with E-state index in [9.17, 15) is 9.59 Å². The average molecular weight is 407 g/mol. The summed E-state index contributed by atoms with van der Waals surface area (Å²) in [5, 5.41) is 13.5. The largest absolute Gasteiger partial charge is 0.349 e. The summed E-state index contributed by atoms with van der Waals surface area (Å²) in [6.07, 6.45) is 3.09. The number of aromatic nitrogens is 3. The van der Waals surface area contributed by atoms with Gasteiger partial charge in [-0.05, 0) is 25.0 Å². The van der Waals surface area contributed by atoms with Gasteiger partial charge < -0.3 is 10.2 Å². The van der Waals surface area contributed by atoms with Gasteiger partial charge in [0, 0.05) is 30.2 Å². The van der Waals surface area contributed by atoms with E-state index in [4.69, 9.17) is 0 Å². The number of rotatable bonds is 5. The molecule has 1 N–H and O–H groups in total. The number of nitrogens with zero attached hydrogens (tertiary/aromatic N) is 4. The molecule has 8 heteroatoms. The molecule has 2 aromatic heterocycles. The summed E-state index contributed by atoms with van der Waals surface area (Å²) >= 11 is 1.53. The lowest BCUT2D eigenvalue weighted by Gasteiger charge is -2.31. The van der Waals surface area contributed by atoms with Crippen LogP contribution < -0.4 is 5.32 Å². The topological polar surface area (TPSA) is 88.1 Å². The van der Waals surface area contributed by atoms with Crippen molar-refractivity contribution in [1.82, 2.24) is 25.4 Å². The zero-order chi connectivity index (χ0) is 20.1. The molecular formula is C21H21N5O2S. The smallest absolute Gasteiger partial charge is 0.274 e. The highest BCUT2D eigenvalue weighted by atomic mass is 32.1. The van der Waals surface area contributed by atoms with Crippen LogP contribution >= 0.6 is 11.3 Å². The highest BCUT2D eigenvalue weighted by molar-refractivity contribution is 7.09. The zero-order valence-corrected chi connectivity index (χ0v) is 16.6. The van der Waals surface area contributed by atoms with E-state index >= 15 is 0 Å². The van der Waals surface area contributed by atoms with Gasteiger partial charge in [0.2, 0.25) is 5.91 Å². The van der Waals surface area contributed by atoms with Crippen molar-refractivity contribution in [1.29, 1.82) is 0 Å². The Labute approximate surface area is 172 Å². The molecule has 0 bridgehead atoms. The predicted molar refractivity (Wildman–Crippen MR) is 110 cm³/mol. The van der Waals surface area contributed by atoms with Crippen LogP contribution in [0, 0.1) is 5.92 Å². The van der Waals surface area contributed by atoms with Crippen LogP contribution in [-0.2, 0) is 11.3 Å². The fourth-order valence-electron chi connectivity index (χ4n) is 3.39. The first-order valence-corrected chi connectivity index (χ1v) is 10.4. The van der Waals surface area contributed by atoms with E-state index in [0.29, 0.717) is 25.3 Å². The van der Waals surface area contributed by atoms with Crippen molar-refractivity contribution in [3.8, 4) is 11.3 Å². The molecule has 0 spiro atoms. The Bertz CT molecular complexity index is 977. The summed E-state index contributed by atoms with van der Waals surface area (Å²) in [7, 11) is 0. The van der Waals surface area contributed by atoms with Crippen molar-refractivity contribution in [2.75, 3.05) is 13.1 Å². The first kappa shape index (κ1) is 19.2. The van der Waals surface area contributed by atoms with Gasteiger partial charge in [-0.3, -0.25) is 9.59 Å². The monoisotopic (exact) mass is 407 g/mol. The summed E-state index contributed by atoms with van der Waals surface area (Å²) in [6.45, 7) is 1.42. The van der Waals surface area contributed by atoms with E-state index in [1.165, 1.54) is 17.5 Å². The first-order valence-electron chi connectivity index (χ1n) is 9.55. The summed E-state index contributed by atoms with van der Waals surface area (Å²) in [4.78, 5) is 31.5. The van der Waals surface area contributed by atoms with Gasteiger partial charge in [0.05, 0.1) is 18.2 Å². The molecule has 1 aliphatic rings. The van der Waals surface area contributed by atoms with Crippen LogP contribution in [0.2, 0.25) is 0 Å². The number of piperidine rings is 1. The minimum Gasteiger partial charge on any atom is -0.349 e. The predicted octanol–water partition coefficient (Wildman–Crippen LogP) is 2.77. The maximum Gasteiger partial charge on any atom is 0.274 e. The van der Waals surface area contributed by atoms with Crippen LogP contribution in [0.1, 0.15) is 28.3 Å². The highest BCUT2D eigenvalue weighted by Gasteiger charge is 2.29. The lowest BCUT2D eigenvalue weighted by Crippen LogP contribution is -2.45. The molecule has 4 rings (SSSR count). The number of hydrogen-bond acceptors (Lipinski definition) is 6. The Morgan fingerprint density at radius 1 is 1.17 bits per heavy atom. The number of thiazole rings is 1. The van der Waals surface area contributed by atoms with E-state index in [1.807, 2.05) is 35.7 Å². The van der Waals surface area contributed by atoms with Gasteiger partial charge in [0.25, 0.3) is 5.91 Å². The Kier molecular flexibility index (Phi) is 5.90. The second-order valence-electron chi connectivity index (χ2n) is 6.91. The third kappa shape index (κ3) is 4.65. The average Bonchev–Trinajstić information content (AvgIpc) is 3.27. The van der Waals surface area contributed by atoms with Gasteiger partial charge in [0.15, 0.2) is 5.69 Å². The van der Waals surface area contributed by atoms with E-state index in [-0.39, 0.29) is 17.7 Å². The highest BCUT2D eigenvalue weighted by Crippen LogP contribution is 2.22. The quantitative estimate of drug-likeness (QED) is 0.703. The van der Waals surface area contributed by atoms with Crippen molar-refractivity contribution in [3.05, 3.63) is 64.7 Å². The minimum atomic E-state index is -0.224. The summed E-state index contributed by atoms with van der Waals surface area (Å²) in [6, 6.07) is 13.3. The number of carbonyl (C=O) groups is 2. The molecule has 2 amide bonds. The van der Waals surface area contributed by atoms with Gasteiger partial charge in [-0.15, -0.1) is 16.4 Å². The molecule has 3 aromatic rings. The standard InChI is InChI=1S/C21H21N5O2S/c27-20(22-12-19-24-18(14-29-19)15-6-2-1-3-7-15)16-8-5-11-26(13-16)21(28)17-9-4-10-23-25-17/h1-4,6-7,9-10,14,16H,5,8,11-13H2,(H,22,27)/t16-/m0/s1. The fraction of sp³-hybridized carbons (Fsp3) is 0.286. The van der Waals surface area contributed by atoms with E-state index in [1.54, 1.807) is 17.0 Å². The van der Waals surface area contributed by atoms with Gasteiger partial charge in [0.1, 0.15) is 5.01 Å². The molecular weight excluding hydrogens is 386 g/mol. The van der Waals surface area contributed by atoms with Crippen LogP contribution in [0.5, 0.6) is 0 Å². The molecule has 0 saturated carbocycles. The molecule has 7 nitrogen and oxygen atoms in total. The molecule has 1 saturated heterocycles. The molecule has 3 heterocycles. The normalized spacial score (nSPS) is 16.4. The second kappa shape index (κ2) is 8.91. The molecule has 1 aliphatic heterocycles. The van der Waals surface area contributed by atoms with Gasteiger partial charge in [-0.2, -0.15) is 5.10 Å². The van der Waals surface area contributed by atoms with Crippen molar-refractivity contribution < 1.29 is 9.59 Å². The van der Waals surface area contributed by atoms with E-state index < -0.39 is 0 Å². The Balaban J connectivity index is 1.33. The van der Waals surface area contributed by atoms with Crippen LogP contribution in [-0.4, -0.2) is 45.0 Å². The Morgan fingerprint density at radius 2 is 2.03 bits per heavy atom. The molecule has 29 heavy (non-hydrogen) atoms. The van der Waals surface area contributed by atoms with Crippen LogP contribution in [0.15, 0.2) is 54.0 Å². The molecule has 1 aromatic carbocycles. The molecule has 1 atom stereocenters. The number of nitrogens with one attached hydrogen (secondary N) is 1. The Hall–Kier alpha value is -3.13. The number of benzene rings is 1. The molecule has 0 unspecified atom stereocenters. The van der Waals surface area contributed by atoms with E-state index in [2.05, 4.69) is 20.5 Å². The van der Waals surface area contributed by atoms with Crippen LogP contribution in [0.25, 0.3) is 11.3 Å². The van der Waals surface area contributed by atoms with E-state index in [0.717, 1.165) is 29.1 Å². The maximum absolute atomic E-state index is 12.7. The minimum absolute atomic E-state index is 0.0434. The Morgan fingerprint density at radius 3 is 2.83 bits per heavy atom. The number of amides is 2. The number of hydrogen-bond donors (Lipinski definition) is 1. The number of likely N-dealkylation sites (tertiary alicyclic amines) is 1. The van der Waals surface area contributed by atoms with Crippen molar-refractivity contribution >= 4 is 23.2 Å². The van der Waals surface area contributed by atoms with Crippen molar-refractivity contribution in [2.45, 2.75) is 19.4 Å². The second-order valence-corrected chi connectivity index (χ2v) is 7.85. The third-order valence-corrected chi connectivity index (χ3v) is 5.75.